The number of carbonyl (C=O) groups excluding carboxylic acids is 1. The van der Waals surface area contributed by atoms with Crippen LogP contribution < -0.4 is 10.2 Å². The molecule has 1 aromatic carbocycles. The van der Waals surface area contributed by atoms with Crippen molar-refractivity contribution in [2.75, 3.05) is 18.0 Å². The van der Waals surface area contributed by atoms with E-state index in [1.165, 1.54) is 0 Å². The normalized spacial score (nSPS) is 14.6. The minimum absolute atomic E-state index is 0.00750. The molecule has 2 aromatic rings. The maximum atomic E-state index is 12.0. The second kappa shape index (κ2) is 6.10. The molecule has 1 amide bonds. The SMILES string of the molecule is O=C(Cc1ccccc1Cl)NC1CN(c2cnccn2)C1. The molecule has 6 heteroatoms. The number of carbonyl (C=O) groups is 1. The maximum Gasteiger partial charge on any atom is 0.224 e. The van der Waals surface area contributed by atoms with Crippen LogP contribution in [0, 0.1) is 0 Å². The molecule has 0 aliphatic carbocycles. The van der Waals surface area contributed by atoms with E-state index in [0.29, 0.717) is 11.4 Å². The summed E-state index contributed by atoms with van der Waals surface area (Å²) in [5.41, 5.74) is 0.849. The first-order valence-electron chi connectivity index (χ1n) is 6.76. The van der Waals surface area contributed by atoms with Crippen LogP contribution in [-0.2, 0) is 11.2 Å². The number of hydrogen-bond donors (Lipinski definition) is 1. The average molecular weight is 303 g/mol. The van der Waals surface area contributed by atoms with Crippen LogP contribution >= 0.6 is 11.6 Å². The molecule has 0 spiro atoms. The molecule has 21 heavy (non-hydrogen) atoms. The third kappa shape index (κ3) is 3.31. The molecule has 1 N–H and O–H groups in total. The zero-order valence-electron chi connectivity index (χ0n) is 11.4. The number of benzene rings is 1. The largest absolute Gasteiger partial charge is 0.351 e. The molecule has 0 atom stereocenters. The van der Waals surface area contributed by atoms with E-state index in [2.05, 4.69) is 20.2 Å². The van der Waals surface area contributed by atoms with E-state index in [1.807, 2.05) is 18.2 Å². The fourth-order valence-corrected chi connectivity index (χ4v) is 2.51. The molecule has 5 nitrogen and oxygen atoms in total. The number of aromatic nitrogens is 2. The Morgan fingerprint density at radius 1 is 1.33 bits per heavy atom. The predicted molar refractivity (Wildman–Crippen MR) is 81.3 cm³/mol. The maximum absolute atomic E-state index is 12.0. The molecular weight excluding hydrogens is 288 g/mol. The molecule has 2 heterocycles. The summed E-state index contributed by atoms with van der Waals surface area (Å²) in [4.78, 5) is 22.3. The first kappa shape index (κ1) is 13.8. The minimum atomic E-state index is -0.00750. The Morgan fingerprint density at radius 3 is 2.86 bits per heavy atom. The lowest BCUT2D eigenvalue weighted by molar-refractivity contribution is -0.121. The molecule has 108 valence electrons. The van der Waals surface area contributed by atoms with Gasteiger partial charge in [0.2, 0.25) is 5.91 Å². The topological polar surface area (TPSA) is 58.1 Å². The van der Waals surface area contributed by atoms with Crippen molar-refractivity contribution >= 4 is 23.3 Å². The molecule has 0 unspecified atom stereocenters. The van der Waals surface area contributed by atoms with Gasteiger partial charge in [-0.25, -0.2) is 4.98 Å². The van der Waals surface area contributed by atoms with Crippen molar-refractivity contribution in [3.63, 3.8) is 0 Å². The molecule has 1 fully saturated rings. The van der Waals surface area contributed by atoms with Crippen molar-refractivity contribution in [3.8, 4) is 0 Å². The smallest absolute Gasteiger partial charge is 0.224 e. The summed E-state index contributed by atoms with van der Waals surface area (Å²) in [6, 6.07) is 7.56. The number of nitrogens with one attached hydrogen (secondary N) is 1. The van der Waals surface area contributed by atoms with Gasteiger partial charge in [-0.2, -0.15) is 0 Å². The van der Waals surface area contributed by atoms with Crippen molar-refractivity contribution in [2.45, 2.75) is 12.5 Å². The summed E-state index contributed by atoms with van der Waals surface area (Å²) >= 11 is 6.05. The molecule has 1 aliphatic rings. The van der Waals surface area contributed by atoms with Crippen molar-refractivity contribution in [3.05, 3.63) is 53.4 Å². The summed E-state index contributed by atoms with van der Waals surface area (Å²) in [6.07, 6.45) is 5.34. The number of halogens is 1. The molecule has 1 aromatic heterocycles. The molecule has 0 radical (unpaired) electrons. The molecule has 1 aliphatic heterocycles. The van der Waals surface area contributed by atoms with Crippen LogP contribution in [0.2, 0.25) is 5.02 Å². The second-order valence-corrected chi connectivity index (χ2v) is 5.41. The highest BCUT2D eigenvalue weighted by molar-refractivity contribution is 6.31. The Morgan fingerprint density at radius 2 is 2.14 bits per heavy atom. The van der Waals surface area contributed by atoms with Crippen molar-refractivity contribution in [1.82, 2.24) is 15.3 Å². The van der Waals surface area contributed by atoms with Crippen LogP contribution in [0.25, 0.3) is 0 Å². The Hall–Kier alpha value is -2.14. The van der Waals surface area contributed by atoms with Crippen LogP contribution in [0.15, 0.2) is 42.9 Å². The highest BCUT2D eigenvalue weighted by Crippen LogP contribution is 2.18. The summed E-state index contributed by atoms with van der Waals surface area (Å²) < 4.78 is 0. The molecule has 3 rings (SSSR count). The summed E-state index contributed by atoms with van der Waals surface area (Å²) in [5, 5.41) is 3.63. The van der Waals surface area contributed by atoms with Gasteiger partial charge in [0.15, 0.2) is 0 Å². The predicted octanol–water partition coefficient (Wildman–Crippen LogP) is 1.68. The summed E-state index contributed by atoms with van der Waals surface area (Å²) in [5.74, 6) is 0.834. The lowest BCUT2D eigenvalue weighted by atomic mass is 10.1. The quantitative estimate of drug-likeness (QED) is 0.933. The Bertz CT molecular complexity index is 629. The fourth-order valence-electron chi connectivity index (χ4n) is 2.30. The van der Waals surface area contributed by atoms with Gasteiger partial charge in [0.25, 0.3) is 0 Å². The van der Waals surface area contributed by atoms with Crippen molar-refractivity contribution in [1.29, 1.82) is 0 Å². The van der Waals surface area contributed by atoms with Gasteiger partial charge in [-0.15, -0.1) is 0 Å². The van der Waals surface area contributed by atoms with Gasteiger partial charge in [0, 0.05) is 30.5 Å². The second-order valence-electron chi connectivity index (χ2n) is 5.00. The third-order valence-electron chi connectivity index (χ3n) is 3.43. The lowest BCUT2D eigenvalue weighted by Gasteiger charge is -2.40. The van der Waals surface area contributed by atoms with E-state index in [1.54, 1.807) is 24.7 Å². The van der Waals surface area contributed by atoms with E-state index in [0.717, 1.165) is 24.5 Å². The summed E-state index contributed by atoms with van der Waals surface area (Å²) in [7, 11) is 0. The summed E-state index contributed by atoms with van der Waals surface area (Å²) in [6.45, 7) is 1.51. The number of nitrogens with zero attached hydrogens (tertiary/aromatic N) is 3. The van der Waals surface area contributed by atoms with E-state index >= 15 is 0 Å². The van der Waals surface area contributed by atoms with Gasteiger partial charge < -0.3 is 10.2 Å². The fraction of sp³-hybridized carbons (Fsp3) is 0.267. The Kier molecular flexibility index (Phi) is 4.01. The zero-order chi connectivity index (χ0) is 14.7. The lowest BCUT2D eigenvalue weighted by Crippen LogP contribution is -2.60. The van der Waals surface area contributed by atoms with Gasteiger partial charge in [-0.3, -0.25) is 9.78 Å². The van der Waals surface area contributed by atoms with E-state index in [9.17, 15) is 4.79 Å². The van der Waals surface area contributed by atoms with Gasteiger partial charge in [0.1, 0.15) is 5.82 Å². The standard InChI is InChI=1S/C15H15ClN4O/c16-13-4-2-1-3-11(13)7-15(21)19-12-9-20(10-12)14-8-17-5-6-18-14/h1-6,8,12H,7,9-10H2,(H,19,21). The van der Waals surface area contributed by atoms with Crippen LogP contribution in [0.1, 0.15) is 5.56 Å². The van der Waals surface area contributed by atoms with Crippen LogP contribution in [-0.4, -0.2) is 35.0 Å². The Labute approximate surface area is 128 Å². The zero-order valence-corrected chi connectivity index (χ0v) is 12.1. The van der Waals surface area contributed by atoms with Crippen LogP contribution in [0.5, 0.6) is 0 Å². The van der Waals surface area contributed by atoms with Gasteiger partial charge in [-0.05, 0) is 11.6 Å². The first-order chi connectivity index (χ1) is 10.2. The van der Waals surface area contributed by atoms with Gasteiger partial charge >= 0.3 is 0 Å². The number of hydrogen-bond acceptors (Lipinski definition) is 4. The van der Waals surface area contributed by atoms with Crippen molar-refractivity contribution < 1.29 is 4.79 Å². The third-order valence-corrected chi connectivity index (χ3v) is 3.80. The molecule has 0 saturated carbocycles. The first-order valence-corrected chi connectivity index (χ1v) is 7.14. The van der Waals surface area contributed by atoms with Crippen molar-refractivity contribution in [2.24, 2.45) is 0 Å². The van der Waals surface area contributed by atoms with Crippen LogP contribution in [0.4, 0.5) is 5.82 Å². The minimum Gasteiger partial charge on any atom is -0.351 e. The van der Waals surface area contributed by atoms with Gasteiger partial charge in [0.05, 0.1) is 18.7 Å². The molecule has 1 saturated heterocycles. The molecule has 0 bridgehead atoms. The van der Waals surface area contributed by atoms with E-state index in [-0.39, 0.29) is 11.9 Å². The molecular formula is C15H15ClN4O. The average Bonchev–Trinajstić information content (AvgIpc) is 2.46. The van der Waals surface area contributed by atoms with E-state index in [4.69, 9.17) is 11.6 Å². The number of rotatable bonds is 4. The van der Waals surface area contributed by atoms with E-state index < -0.39 is 0 Å². The number of anilines is 1. The van der Waals surface area contributed by atoms with Crippen LogP contribution in [0.3, 0.4) is 0 Å². The van der Waals surface area contributed by atoms with Gasteiger partial charge in [-0.1, -0.05) is 29.8 Å². The Balaban J connectivity index is 1.49. The number of amides is 1. The highest BCUT2D eigenvalue weighted by atomic mass is 35.5. The highest BCUT2D eigenvalue weighted by Gasteiger charge is 2.29. The monoisotopic (exact) mass is 302 g/mol.